The van der Waals surface area contributed by atoms with Crippen LogP contribution in [0.15, 0.2) is 30.5 Å². The highest BCUT2D eigenvalue weighted by molar-refractivity contribution is 6.30. The molecule has 1 N–H and O–H groups in total. The fourth-order valence-electron chi connectivity index (χ4n) is 1.29. The van der Waals surface area contributed by atoms with Gasteiger partial charge >= 0.3 is 0 Å². The Morgan fingerprint density at radius 2 is 2.25 bits per heavy atom. The maximum absolute atomic E-state index is 5.88. The number of anilines is 1. The van der Waals surface area contributed by atoms with Gasteiger partial charge in [-0.25, -0.2) is 4.98 Å². The first-order chi connectivity index (χ1) is 7.74. The lowest BCUT2D eigenvalue weighted by molar-refractivity contribution is 0.921. The maximum atomic E-state index is 5.88. The zero-order valence-electron chi connectivity index (χ0n) is 8.81. The molecule has 0 saturated carbocycles. The number of hydrogen-bond donors (Lipinski definition) is 1. The van der Waals surface area contributed by atoms with Gasteiger partial charge in [-0.15, -0.1) is 5.10 Å². The number of benzene rings is 1. The van der Waals surface area contributed by atoms with Gasteiger partial charge in [0.1, 0.15) is 0 Å². The van der Waals surface area contributed by atoms with Gasteiger partial charge in [0.15, 0.2) is 0 Å². The number of nitrogens with one attached hydrogen (secondary N) is 1. The summed E-state index contributed by atoms with van der Waals surface area (Å²) in [7, 11) is 0. The zero-order chi connectivity index (χ0) is 11.4. The van der Waals surface area contributed by atoms with Crippen LogP contribution in [0.2, 0.25) is 5.02 Å². The molecule has 0 saturated heterocycles. The third kappa shape index (κ3) is 2.90. The van der Waals surface area contributed by atoms with E-state index in [0.717, 1.165) is 16.3 Å². The molecule has 0 amide bonds. The van der Waals surface area contributed by atoms with Crippen LogP contribution in [-0.4, -0.2) is 15.2 Å². The zero-order valence-corrected chi connectivity index (χ0v) is 9.57. The second-order valence-corrected chi connectivity index (χ2v) is 3.84. The summed E-state index contributed by atoms with van der Waals surface area (Å²) in [6.45, 7) is 2.50. The summed E-state index contributed by atoms with van der Waals surface area (Å²) < 4.78 is 0. The Bertz CT molecular complexity index is 441. The van der Waals surface area contributed by atoms with E-state index in [0.29, 0.717) is 12.5 Å². The van der Waals surface area contributed by atoms with Gasteiger partial charge < -0.3 is 5.32 Å². The van der Waals surface area contributed by atoms with Gasteiger partial charge in [0.25, 0.3) is 0 Å². The lowest BCUT2D eigenvalue weighted by Crippen LogP contribution is -2.05. The fourth-order valence-corrected chi connectivity index (χ4v) is 1.50. The van der Waals surface area contributed by atoms with Gasteiger partial charge in [0, 0.05) is 11.6 Å². The summed E-state index contributed by atoms with van der Waals surface area (Å²) in [6.07, 6.45) is 1.62. The standard InChI is InChI=1S/C11H11ClN4/c1-8-6-14-16-11(15-8)13-7-9-3-2-4-10(12)5-9/h2-6H,7H2,1H3,(H,13,15,16). The van der Waals surface area contributed by atoms with Crippen LogP contribution in [0.1, 0.15) is 11.3 Å². The van der Waals surface area contributed by atoms with Crippen LogP contribution in [0.5, 0.6) is 0 Å². The average molecular weight is 235 g/mol. The van der Waals surface area contributed by atoms with Crippen LogP contribution in [0.25, 0.3) is 0 Å². The maximum Gasteiger partial charge on any atom is 0.243 e. The molecule has 4 nitrogen and oxygen atoms in total. The quantitative estimate of drug-likeness (QED) is 0.886. The normalized spacial score (nSPS) is 10.1. The molecule has 1 aromatic heterocycles. The minimum Gasteiger partial charge on any atom is -0.349 e. The lowest BCUT2D eigenvalue weighted by atomic mass is 10.2. The van der Waals surface area contributed by atoms with E-state index in [1.165, 1.54) is 0 Å². The highest BCUT2D eigenvalue weighted by atomic mass is 35.5. The van der Waals surface area contributed by atoms with Crippen molar-refractivity contribution in [3.8, 4) is 0 Å². The number of aryl methyl sites for hydroxylation is 1. The third-order valence-electron chi connectivity index (χ3n) is 2.02. The molecule has 0 unspecified atom stereocenters. The second-order valence-electron chi connectivity index (χ2n) is 3.40. The summed E-state index contributed by atoms with van der Waals surface area (Å²) in [5.74, 6) is 0.528. The monoisotopic (exact) mass is 234 g/mol. The Morgan fingerprint density at radius 1 is 1.38 bits per heavy atom. The highest BCUT2D eigenvalue weighted by Crippen LogP contribution is 2.11. The molecule has 0 aliphatic carbocycles. The largest absolute Gasteiger partial charge is 0.349 e. The SMILES string of the molecule is Cc1cnnc(NCc2cccc(Cl)c2)n1. The van der Waals surface area contributed by atoms with Crippen molar-refractivity contribution in [1.82, 2.24) is 15.2 Å². The van der Waals surface area contributed by atoms with E-state index in [1.54, 1.807) is 6.20 Å². The Morgan fingerprint density at radius 3 is 3.00 bits per heavy atom. The third-order valence-corrected chi connectivity index (χ3v) is 2.25. The predicted molar refractivity (Wildman–Crippen MR) is 63.3 cm³/mol. The van der Waals surface area contributed by atoms with Gasteiger partial charge in [0.2, 0.25) is 5.95 Å². The molecular formula is C11H11ClN4. The summed E-state index contributed by atoms with van der Waals surface area (Å²) >= 11 is 5.88. The molecule has 0 aliphatic heterocycles. The Hall–Kier alpha value is -1.68. The number of halogens is 1. The van der Waals surface area contributed by atoms with E-state index in [1.807, 2.05) is 31.2 Å². The smallest absolute Gasteiger partial charge is 0.243 e. The van der Waals surface area contributed by atoms with Gasteiger partial charge in [-0.1, -0.05) is 23.7 Å². The molecular weight excluding hydrogens is 224 g/mol. The van der Waals surface area contributed by atoms with Crippen molar-refractivity contribution in [2.24, 2.45) is 0 Å². The van der Waals surface area contributed by atoms with Gasteiger partial charge in [-0.05, 0) is 24.6 Å². The molecule has 0 bridgehead atoms. The molecule has 2 rings (SSSR count). The molecule has 0 radical (unpaired) electrons. The lowest BCUT2D eigenvalue weighted by Gasteiger charge is -2.04. The van der Waals surface area contributed by atoms with Crippen molar-refractivity contribution >= 4 is 17.5 Å². The second kappa shape index (κ2) is 4.90. The molecule has 1 aromatic carbocycles. The first kappa shape index (κ1) is 10.8. The molecule has 0 aliphatic rings. The van der Waals surface area contributed by atoms with E-state index < -0.39 is 0 Å². The first-order valence-electron chi connectivity index (χ1n) is 4.89. The molecule has 0 spiro atoms. The number of rotatable bonds is 3. The predicted octanol–water partition coefficient (Wildman–Crippen LogP) is 2.45. The van der Waals surface area contributed by atoms with Crippen LogP contribution in [0, 0.1) is 6.92 Å². The molecule has 82 valence electrons. The van der Waals surface area contributed by atoms with Crippen molar-refractivity contribution < 1.29 is 0 Å². The summed E-state index contributed by atoms with van der Waals surface area (Å²) in [5.41, 5.74) is 1.92. The molecule has 16 heavy (non-hydrogen) atoms. The summed E-state index contributed by atoms with van der Waals surface area (Å²) in [4.78, 5) is 4.19. The molecule has 5 heteroatoms. The van der Waals surface area contributed by atoms with E-state index in [4.69, 9.17) is 11.6 Å². The summed E-state index contributed by atoms with van der Waals surface area (Å²) in [5, 5.41) is 11.5. The topological polar surface area (TPSA) is 50.7 Å². The van der Waals surface area contributed by atoms with Gasteiger partial charge in [-0.2, -0.15) is 5.10 Å². The van der Waals surface area contributed by atoms with E-state index in [2.05, 4.69) is 20.5 Å². The van der Waals surface area contributed by atoms with Crippen LogP contribution < -0.4 is 5.32 Å². The minimum absolute atomic E-state index is 0.528. The van der Waals surface area contributed by atoms with Crippen molar-refractivity contribution in [2.75, 3.05) is 5.32 Å². The van der Waals surface area contributed by atoms with Gasteiger partial charge in [0.05, 0.1) is 11.9 Å². The van der Waals surface area contributed by atoms with Gasteiger partial charge in [-0.3, -0.25) is 0 Å². The van der Waals surface area contributed by atoms with Crippen LogP contribution in [0.3, 0.4) is 0 Å². The first-order valence-corrected chi connectivity index (χ1v) is 5.26. The van der Waals surface area contributed by atoms with Crippen LogP contribution in [-0.2, 0) is 6.54 Å². The van der Waals surface area contributed by atoms with E-state index in [-0.39, 0.29) is 0 Å². The van der Waals surface area contributed by atoms with E-state index in [9.17, 15) is 0 Å². The molecule has 0 atom stereocenters. The molecule has 2 aromatic rings. The van der Waals surface area contributed by atoms with Crippen LogP contribution in [0.4, 0.5) is 5.95 Å². The highest BCUT2D eigenvalue weighted by Gasteiger charge is 1.98. The number of aromatic nitrogens is 3. The number of nitrogens with zero attached hydrogens (tertiary/aromatic N) is 3. The summed E-state index contributed by atoms with van der Waals surface area (Å²) in [6, 6.07) is 7.64. The van der Waals surface area contributed by atoms with E-state index >= 15 is 0 Å². The Kier molecular flexibility index (Phi) is 3.31. The average Bonchev–Trinajstić information content (AvgIpc) is 2.27. The van der Waals surface area contributed by atoms with Crippen molar-refractivity contribution in [2.45, 2.75) is 13.5 Å². The van der Waals surface area contributed by atoms with Crippen molar-refractivity contribution in [1.29, 1.82) is 0 Å². The Labute approximate surface area is 98.7 Å². The van der Waals surface area contributed by atoms with Crippen molar-refractivity contribution in [3.05, 3.63) is 46.7 Å². The fraction of sp³-hybridized carbons (Fsp3) is 0.182. The number of hydrogen-bond acceptors (Lipinski definition) is 4. The molecule has 0 fully saturated rings. The van der Waals surface area contributed by atoms with Crippen LogP contribution >= 0.6 is 11.6 Å². The van der Waals surface area contributed by atoms with Crippen molar-refractivity contribution in [3.63, 3.8) is 0 Å². The Balaban J connectivity index is 2.02. The minimum atomic E-state index is 0.528. The molecule has 1 heterocycles.